The number of nitrogens with one attached hydrogen (secondary N) is 1. The number of amides is 3. The van der Waals surface area contributed by atoms with Gasteiger partial charge in [0.25, 0.3) is 5.91 Å². The van der Waals surface area contributed by atoms with Gasteiger partial charge in [-0.3, -0.25) is 19.1 Å². The fourth-order valence-corrected chi connectivity index (χ4v) is 6.34. The van der Waals surface area contributed by atoms with Gasteiger partial charge in [0.1, 0.15) is 18.9 Å². The molecule has 0 radical (unpaired) electrons. The van der Waals surface area contributed by atoms with Crippen LogP contribution in [0.2, 0.25) is 5.02 Å². The molecular formula is C32H25ClFN7O3. The number of aromatic nitrogens is 4. The molecule has 2 fully saturated rings. The van der Waals surface area contributed by atoms with E-state index in [-0.39, 0.29) is 41.4 Å². The number of hydrogen-bond donors (Lipinski definition) is 2. The molecule has 1 saturated carbocycles. The van der Waals surface area contributed by atoms with Gasteiger partial charge in [-0.15, -0.1) is 0 Å². The number of hydrogen-bond acceptors (Lipinski definition) is 6. The minimum absolute atomic E-state index is 0.00387. The molecule has 2 aliphatic rings. The lowest BCUT2D eigenvalue weighted by molar-refractivity contribution is -0.138. The highest BCUT2D eigenvalue weighted by atomic mass is 35.5. The van der Waals surface area contributed by atoms with Crippen molar-refractivity contribution in [3.8, 4) is 22.3 Å². The number of likely N-dealkylation sites (tertiary alicyclic amines) is 1. The second-order valence-electron chi connectivity index (χ2n) is 11.0. The Morgan fingerprint density at radius 3 is 2.52 bits per heavy atom. The van der Waals surface area contributed by atoms with Crippen molar-refractivity contribution in [1.82, 2.24) is 24.6 Å². The number of nitrogens with two attached hydrogens (primary N) is 1. The van der Waals surface area contributed by atoms with Crippen LogP contribution < -0.4 is 11.1 Å². The van der Waals surface area contributed by atoms with Gasteiger partial charge in [0.15, 0.2) is 11.5 Å². The Morgan fingerprint density at radius 2 is 1.75 bits per heavy atom. The molecule has 3 N–H and O–H groups in total. The van der Waals surface area contributed by atoms with Crippen LogP contribution in [0, 0.1) is 11.7 Å². The summed E-state index contributed by atoms with van der Waals surface area (Å²) < 4.78 is 17.0. The fraction of sp³-hybridized carbons (Fsp3) is 0.188. The SMILES string of the molecule is NC(=O)c1nn(CC(=O)N2[C@@H]3C[C@@H]3C[C@H]2C(=O)Nc2cccc(-c3ccccc3Cl)c2F)c2ccc(-c3cncnc3)cc12. The third-order valence-corrected chi connectivity index (χ3v) is 8.61. The summed E-state index contributed by atoms with van der Waals surface area (Å²) in [4.78, 5) is 49.2. The zero-order valence-corrected chi connectivity index (χ0v) is 23.9. The highest BCUT2D eigenvalue weighted by Crippen LogP contribution is 2.48. The molecule has 3 amide bonds. The number of primary amides is 1. The first kappa shape index (κ1) is 27.7. The van der Waals surface area contributed by atoms with Gasteiger partial charge in [-0.25, -0.2) is 14.4 Å². The monoisotopic (exact) mass is 609 g/mol. The molecule has 0 unspecified atom stereocenters. The maximum absolute atomic E-state index is 15.6. The molecule has 0 spiro atoms. The lowest BCUT2D eigenvalue weighted by Gasteiger charge is -2.27. The highest BCUT2D eigenvalue weighted by Gasteiger charge is 2.56. The Labute approximate surface area is 255 Å². The fourth-order valence-electron chi connectivity index (χ4n) is 6.10. The normalized spacial score (nSPS) is 18.7. The van der Waals surface area contributed by atoms with E-state index in [9.17, 15) is 14.4 Å². The van der Waals surface area contributed by atoms with Crippen LogP contribution in [0.15, 0.2) is 79.4 Å². The van der Waals surface area contributed by atoms with E-state index in [2.05, 4.69) is 20.4 Å². The van der Waals surface area contributed by atoms with Gasteiger partial charge in [0.05, 0.1) is 11.2 Å². The van der Waals surface area contributed by atoms with Crippen molar-refractivity contribution < 1.29 is 18.8 Å². The van der Waals surface area contributed by atoms with Gasteiger partial charge >= 0.3 is 0 Å². The molecule has 7 rings (SSSR count). The lowest BCUT2D eigenvalue weighted by Crippen LogP contribution is -2.46. The molecule has 12 heteroatoms. The molecule has 220 valence electrons. The Hall–Kier alpha value is -5.16. The predicted octanol–water partition coefficient (Wildman–Crippen LogP) is 4.68. The molecule has 0 bridgehead atoms. The van der Waals surface area contributed by atoms with E-state index in [1.165, 1.54) is 17.1 Å². The van der Waals surface area contributed by atoms with Crippen LogP contribution in [0.1, 0.15) is 23.3 Å². The van der Waals surface area contributed by atoms with Gasteiger partial charge in [-0.2, -0.15) is 5.10 Å². The van der Waals surface area contributed by atoms with Crippen LogP contribution >= 0.6 is 11.6 Å². The molecule has 1 saturated heterocycles. The molecular weight excluding hydrogens is 585 g/mol. The van der Waals surface area contributed by atoms with E-state index in [0.29, 0.717) is 27.9 Å². The number of benzene rings is 3. The molecule has 2 aromatic heterocycles. The van der Waals surface area contributed by atoms with Crippen LogP contribution in [0.5, 0.6) is 0 Å². The number of fused-ring (bicyclic) bond motifs is 2. The zero-order valence-electron chi connectivity index (χ0n) is 23.2. The highest BCUT2D eigenvalue weighted by molar-refractivity contribution is 6.33. The molecule has 3 atom stereocenters. The van der Waals surface area contributed by atoms with Crippen LogP contribution in [0.4, 0.5) is 10.1 Å². The number of rotatable bonds is 7. The first-order chi connectivity index (χ1) is 21.3. The molecule has 3 aromatic carbocycles. The van der Waals surface area contributed by atoms with Gasteiger partial charge in [0, 0.05) is 45.5 Å². The first-order valence-electron chi connectivity index (χ1n) is 14.0. The summed E-state index contributed by atoms with van der Waals surface area (Å²) in [6, 6.07) is 16.1. The van der Waals surface area contributed by atoms with E-state index >= 15 is 4.39 Å². The van der Waals surface area contributed by atoms with Crippen LogP contribution in [0.3, 0.4) is 0 Å². The van der Waals surface area contributed by atoms with Crippen LogP contribution in [-0.4, -0.2) is 54.5 Å². The van der Waals surface area contributed by atoms with E-state index in [0.717, 1.165) is 17.5 Å². The number of piperidine rings is 1. The summed E-state index contributed by atoms with van der Waals surface area (Å²) in [6.07, 6.45) is 5.99. The maximum atomic E-state index is 15.6. The Morgan fingerprint density at radius 1 is 0.977 bits per heavy atom. The van der Waals surface area contributed by atoms with Crippen molar-refractivity contribution in [2.75, 3.05) is 5.32 Å². The molecule has 10 nitrogen and oxygen atoms in total. The van der Waals surface area contributed by atoms with E-state index in [4.69, 9.17) is 17.3 Å². The Bertz CT molecular complexity index is 1960. The summed E-state index contributed by atoms with van der Waals surface area (Å²) >= 11 is 6.29. The number of halogens is 2. The number of anilines is 1. The first-order valence-corrected chi connectivity index (χ1v) is 14.4. The largest absolute Gasteiger partial charge is 0.364 e. The van der Waals surface area contributed by atoms with E-state index in [1.54, 1.807) is 65.8 Å². The number of carbonyl (C=O) groups is 3. The number of carbonyl (C=O) groups excluding carboxylic acids is 3. The van der Waals surface area contributed by atoms with Gasteiger partial charge < -0.3 is 16.0 Å². The molecule has 1 aliphatic heterocycles. The van der Waals surface area contributed by atoms with Gasteiger partial charge in [-0.05, 0) is 48.6 Å². The van der Waals surface area contributed by atoms with Gasteiger partial charge in [0.2, 0.25) is 11.8 Å². The van der Waals surface area contributed by atoms with Crippen molar-refractivity contribution in [3.05, 3.63) is 95.9 Å². The van der Waals surface area contributed by atoms with E-state index in [1.807, 2.05) is 6.07 Å². The second kappa shape index (κ2) is 10.8. The van der Waals surface area contributed by atoms with Crippen molar-refractivity contribution >= 4 is 45.9 Å². The Kier molecular flexibility index (Phi) is 6.81. The summed E-state index contributed by atoms with van der Waals surface area (Å²) in [7, 11) is 0. The van der Waals surface area contributed by atoms with Gasteiger partial charge in [-0.1, -0.05) is 48.0 Å². The summed E-state index contributed by atoms with van der Waals surface area (Å²) in [5.41, 5.74) is 8.48. The molecule has 1 aliphatic carbocycles. The third-order valence-electron chi connectivity index (χ3n) is 8.28. The zero-order chi connectivity index (χ0) is 30.5. The van der Waals surface area contributed by atoms with Crippen LogP contribution in [-0.2, 0) is 16.1 Å². The average Bonchev–Trinajstić information content (AvgIpc) is 3.53. The topological polar surface area (TPSA) is 136 Å². The minimum Gasteiger partial charge on any atom is -0.364 e. The Balaban J connectivity index is 1.14. The quantitative estimate of drug-likeness (QED) is 0.275. The summed E-state index contributed by atoms with van der Waals surface area (Å²) in [5, 5.41) is 7.94. The molecule has 3 heterocycles. The van der Waals surface area contributed by atoms with Crippen molar-refractivity contribution in [1.29, 1.82) is 0 Å². The standard InChI is InChI=1S/C32H25ClFN7O3/c33-23-6-2-1-4-20(23)21-5-3-7-24(29(21)34)38-32(44)27-12-18-11-26(18)41(27)28(42)15-40-25-9-8-17(19-13-36-16-37-14-19)10-22(25)30(39-40)31(35)43/h1-10,13-14,16,18,26-27H,11-12,15H2,(H2,35,43)(H,38,44)/t18-,26-,27+/m1/s1. The summed E-state index contributed by atoms with van der Waals surface area (Å²) in [5.74, 6) is -1.96. The number of nitrogens with zero attached hydrogens (tertiary/aromatic N) is 5. The smallest absolute Gasteiger partial charge is 0.269 e. The van der Waals surface area contributed by atoms with Crippen molar-refractivity contribution in [2.45, 2.75) is 31.5 Å². The predicted molar refractivity (Wildman–Crippen MR) is 162 cm³/mol. The van der Waals surface area contributed by atoms with Crippen molar-refractivity contribution in [2.24, 2.45) is 11.7 Å². The third kappa shape index (κ3) is 4.84. The van der Waals surface area contributed by atoms with Crippen LogP contribution in [0.25, 0.3) is 33.2 Å². The average molecular weight is 610 g/mol. The molecule has 5 aromatic rings. The van der Waals surface area contributed by atoms with Crippen molar-refractivity contribution in [3.63, 3.8) is 0 Å². The minimum atomic E-state index is -0.781. The second-order valence-corrected chi connectivity index (χ2v) is 11.4. The maximum Gasteiger partial charge on any atom is 0.269 e. The summed E-state index contributed by atoms with van der Waals surface area (Å²) in [6.45, 7) is -0.207. The molecule has 44 heavy (non-hydrogen) atoms. The lowest BCUT2D eigenvalue weighted by atomic mass is 10.0. The van der Waals surface area contributed by atoms with E-state index < -0.39 is 23.7 Å².